The van der Waals surface area contributed by atoms with Crippen LogP contribution >= 0.6 is 35.0 Å². The summed E-state index contributed by atoms with van der Waals surface area (Å²) in [6.45, 7) is 2.12. The van der Waals surface area contributed by atoms with Gasteiger partial charge in [-0.25, -0.2) is 0 Å². The van der Waals surface area contributed by atoms with Crippen LogP contribution in [0.2, 0.25) is 10.0 Å². The molecule has 0 spiro atoms. The Balaban J connectivity index is 1.83. The maximum Gasteiger partial charge on any atom is 0.191 e. The molecule has 1 aromatic heterocycles. The van der Waals surface area contributed by atoms with Crippen LogP contribution in [0.4, 0.5) is 0 Å². The van der Waals surface area contributed by atoms with Gasteiger partial charge in [-0.05, 0) is 36.2 Å². The first-order valence-electron chi connectivity index (χ1n) is 7.08. The Bertz CT molecular complexity index is 846. The molecule has 0 aliphatic carbocycles. The van der Waals surface area contributed by atoms with E-state index in [1.807, 2.05) is 23.7 Å². The van der Waals surface area contributed by atoms with Crippen LogP contribution in [0.5, 0.6) is 0 Å². The van der Waals surface area contributed by atoms with Crippen LogP contribution in [-0.2, 0) is 12.8 Å². The van der Waals surface area contributed by atoms with Crippen LogP contribution in [0, 0.1) is 6.92 Å². The highest BCUT2D eigenvalue weighted by Crippen LogP contribution is 2.31. The number of hydrogen-bond acceptors (Lipinski definition) is 3. The summed E-state index contributed by atoms with van der Waals surface area (Å²) < 4.78 is 1.96. The summed E-state index contributed by atoms with van der Waals surface area (Å²) in [5.41, 5.74) is 3.41. The molecule has 3 aromatic rings. The predicted octanol–water partition coefficient (Wildman–Crippen LogP) is 5.39. The summed E-state index contributed by atoms with van der Waals surface area (Å²) in [7, 11) is 1.94. The van der Waals surface area contributed by atoms with Crippen LogP contribution in [0.15, 0.2) is 47.6 Å². The molecular formula is C17H15Cl2N3S. The first-order chi connectivity index (χ1) is 11.1. The molecule has 0 atom stereocenters. The largest absolute Gasteiger partial charge is 0.305 e. The molecule has 0 unspecified atom stereocenters. The minimum absolute atomic E-state index is 0.573. The van der Waals surface area contributed by atoms with Gasteiger partial charge in [-0.1, -0.05) is 59.2 Å². The second kappa shape index (κ2) is 6.95. The molecule has 3 rings (SSSR count). The molecule has 0 bridgehead atoms. The van der Waals surface area contributed by atoms with E-state index in [9.17, 15) is 0 Å². The van der Waals surface area contributed by atoms with Gasteiger partial charge in [0.1, 0.15) is 0 Å². The minimum atomic E-state index is 0.573. The van der Waals surface area contributed by atoms with Crippen molar-refractivity contribution in [2.24, 2.45) is 7.05 Å². The molecule has 0 radical (unpaired) electrons. The summed E-state index contributed by atoms with van der Waals surface area (Å²) in [6, 6.07) is 13.7. The van der Waals surface area contributed by atoms with Gasteiger partial charge in [0.05, 0.1) is 5.02 Å². The summed E-state index contributed by atoms with van der Waals surface area (Å²) >= 11 is 13.9. The van der Waals surface area contributed by atoms with Crippen molar-refractivity contribution in [1.82, 2.24) is 14.8 Å². The van der Waals surface area contributed by atoms with E-state index in [-0.39, 0.29) is 0 Å². The third-order valence-electron chi connectivity index (χ3n) is 3.62. The molecule has 0 aliphatic heterocycles. The third kappa shape index (κ3) is 3.55. The number of aryl methyl sites for hydroxylation is 1. The Morgan fingerprint density at radius 3 is 2.61 bits per heavy atom. The maximum atomic E-state index is 6.27. The Kier molecular flexibility index (Phi) is 4.95. The maximum absolute atomic E-state index is 6.27. The lowest BCUT2D eigenvalue weighted by Gasteiger charge is -2.07. The van der Waals surface area contributed by atoms with Crippen molar-refractivity contribution in [2.75, 3.05) is 0 Å². The van der Waals surface area contributed by atoms with Gasteiger partial charge in [-0.15, -0.1) is 10.2 Å². The zero-order valence-electron chi connectivity index (χ0n) is 12.8. The monoisotopic (exact) mass is 363 g/mol. The fourth-order valence-electron chi connectivity index (χ4n) is 2.26. The quantitative estimate of drug-likeness (QED) is 0.582. The van der Waals surface area contributed by atoms with Crippen molar-refractivity contribution in [3.63, 3.8) is 0 Å². The van der Waals surface area contributed by atoms with E-state index in [2.05, 4.69) is 35.3 Å². The van der Waals surface area contributed by atoms with Crippen LogP contribution in [0.25, 0.3) is 11.4 Å². The number of nitrogens with zero attached hydrogens (tertiary/aromatic N) is 3. The van der Waals surface area contributed by atoms with Crippen molar-refractivity contribution in [1.29, 1.82) is 0 Å². The third-order valence-corrected chi connectivity index (χ3v) is 5.24. The number of thioether (sulfide) groups is 1. The molecule has 2 aromatic carbocycles. The van der Waals surface area contributed by atoms with E-state index in [1.165, 1.54) is 11.1 Å². The number of benzene rings is 2. The summed E-state index contributed by atoms with van der Waals surface area (Å²) in [5.74, 6) is 1.59. The molecule has 0 saturated carbocycles. The second-order valence-electron chi connectivity index (χ2n) is 5.20. The molecule has 0 aliphatic rings. The predicted molar refractivity (Wildman–Crippen MR) is 97.2 cm³/mol. The zero-order valence-corrected chi connectivity index (χ0v) is 15.1. The van der Waals surface area contributed by atoms with E-state index < -0.39 is 0 Å². The van der Waals surface area contributed by atoms with Gasteiger partial charge < -0.3 is 4.57 Å². The van der Waals surface area contributed by atoms with Gasteiger partial charge in [0, 0.05) is 23.4 Å². The lowest BCUT2D eigenvalue weighted by molar-refractivity contribution is 0.793. The molecule has 23 heavy (non-hydrogen) atoms. The fourth-order valence-corrected chi connectivity index (χ4v) is 3.74. The highest BCUT2D eigenvalue weighted by molar-refractivity contribution is 7.98. The molecule has 0 fully saturated rings. The lowest BCUT2D eigenvalue weighted by Crippen LogP contribution is -1.96. The van der Waals surface area contributed by atoms with Gasteiger partial charge in [-0.2, -0.15) is 0 Å². The van der Waals surface area contributed by atoms with E-state index in [4.69, 9.17) is 23.2 Å². The summed E-state index contributed by atoms with van der Waals surface area (Å²) in [5, 5.41) is 10.6. The topological polar surface area (TPSA) is 30.7 Å². The molecule has 118 valence electrons. The number of rotatable bonds is 4. The molecular weight excluding hydrogens is 349 g/mol. The van der Waals surface area contributed by atoms with Crippen molar-refractivity contribution in [3.05, 3.63) is 63.6 Å². The SMILES string of the molecule is Cc1ccccc1CSc1nnc(-c2ccc(Cl)cc2Cl)n1C. The van der Waals surface area contributed by atoms with E-state index in [0.717, 1.165) is 22.3 Å². The number of halogens is 2. The first-order valence-corrected chi connectivity index (χ1v) is 8.82. The highest BCUT2D eigenvalue weighted by Gasteiger charge is 2.14. The average molecular weight is 364 g/mol. The van der Waals surface area contributed by atoms with E-state index in [0.29, 0.717) is 10.0 Å². The first kappa shape index (κ1) is 16.4. The Hall–Kier alpha value is -1.49. The van der Waals surface area contributed by atoms with Gasteiger partial charge in [0.25, 0.3) is 0 Å². The smallest absolute Gasteiger partial charge is 0.191 e. The van der Waals surface area contributed by atoms with Crippen molar-refractivity contribution in [3.8, 4) is 11.4 Å². The normalized spacial score (nSPS) is 11.0. The van der Waals surface area contributed by atoms with Crippen LogP contribution < -0.4 is 0 Å². The fraction of sp³-hybridized carbons (Fsp3) is 0.176. The van der Waals surface area contributed by atoms with Gasteiger partial charge in [0.2, 0.25) is 0 Å². The average Bonchev–Trinajstić information content (AvgIpc) is 2.88. The van der Waals surface area contributed by atoms with Gasteiger partial charge in [0.15, 0.2) is 11.0 Å². The summed E-state index contributed by atoms with van der Waals surface area (Å²) in [6.07, 6.45) is 0. The van der Waals surface area contributed by atoms with Crippen molar-refractivity contribution < 1.29 is 0 Å². The Labute approximate surface area is 149 Å². The van der Waals surface area contributed by atoms with Crippen molar-refractivity contribution in [2.45, 2.75) is 17.8 Å². The van der Waals surface area contributed by atoms with Crippen LogP contribution in [0.1, 0.15) is 11.1 Å². The van der Waals surface area contributed by atoms with E-state index in [1.54, 1.807) is 23.9 Å². The Morgan fingerprint density at radius 2 is 1.87 bits per heavy atom. The van der Waals surface area contributed by atoms with Gasteiger partial charge in [-0.3, -0.25) is 0 Å². The zero-order chi connectivity index (χ0) is 16.4. The van der Waals surface area contributed by atoms with E-state index >= 15 is 0 Å². The summed E-state index contributed by atoms with van der Waals surface area (Å²) in [4.78, 5) is 0. The number of aromatic nitrogens is 3. The highest BCUT2D eigenvalue weighted by atomic mass is 35.5. The van der Waals surface area contributed by atoms with Crippen LogP contribution in [-0.4, -0.2) is 14.8 Å². The second-order valence-corrected chi connectivity index (χ2v) is 6.99. The van der Waals surface area contributed by atoms with Crippen LogP contribution in [0.3, 0.4) is 0 Å². The molecule has 0 saturated heterocycles. The lowest BCUT2D eigenvalue weighted by atomic mass is 10.1. The number of hydrogen-bond donors (Lipinski definition) is 0. The molecule has 0 N–H and O–H groups in total. The molecule has 1 heterocycles. The molecule has 0 amide bonds. The van der Waals surface area contributed by atoms with Gasteiger partial charge >= 0.3 is 0 Å². The Morgan fingerprint density at radius 1 is 1.09 bits per heavy atom. The van der Waals surface area contributed by atoms with Crippen molar-refractivity contribution >= 4 is 35.0 Å². The molecule has 3 nitrogen and oxygen atoms in total. The standard InChI is InChI=1S/C17H15Cl2N3S/c1-11-5-3-4-6-12(11)10-23-17-21-20-16(22(17)2)14-8-7-13(18)9-15(14)19/h3-9H,10H2,1-2H3. The molecule has 6 heteroatoms. The minimum Gasteiger partial charge on any atom is -0.305 e.